The molecule has 0 N–H and O–H groups in total. The zero-order chi connectivity index (χ0) is 15.9. The zero-order valence-corrected chi connectivity index (χ0v) is 13.8. The van der Waals surface area contributed by atoms with E-state index in [1.807, 2.05) is 42.3 Å². The number of halogens is 2. The molecule has 2 rings (SSSR count). The Hall–Kier alpha value is -1.90. The average molecular weight is 363 g/mol. The third kappa shape index (κ3) is 4.83. The fourth-order valence-electron chi connectivity index (χ4n) is 1.99. The Bertz CT molecular complexity index is 667. The predicted octanol–water partition coefficient (Wildman–Crippen LogP) is 3.97. The smallest absolute Gasteiger partial charge is 0.127 e. The summed E-state index contributed by atoms with van der Waals surface area (Å²) in [5.74, 6) is 0.508. The lowest BCUT2D eigenvalue weighted by Gasteiger charge is -2.17. The quantitative estimate of drug-likeness (QED) is 0.779. The van der Waals surface area contributed by atoms with Gasteiger partial charge in [0, 0.05) is 23.1 Å². The van der Waals surface area contributed by atoms with E-state index in [-0.39, 0.29) is 5.82 Å². The first kappa shape index (κ1) is 16.5. The Balaban J connectivity index is 1.84. The molecular weight excluding hydrogens is 347 g/mol. The molecule has 0 fully saturated rings. The van der Waals surface area contributed by atoms with Crippen LogP contribution < -0.4 is 4.74 Å². The minimum Gasteiger partial charge on any atom is -0.492 e. The molecule has 3 nitrogen and oxygen atoms in total. The van der Waals surface area contributed by atoms with Crippen LogP contribution in [0, 0.1) is 17.1 Å². The van der Waals surface area contributed by atoms with Crippen LogP contribution in [0.25, 0.3) is 0 Å². The molecule has 0 saturated carbocycles. The van der Waals surface area contributed by atoms with Crippen LogP contribution in [0.1, 0.15) is 11.1 Å². The van der Waals surface area contributed by atoms with Crippen LogP contribution in [0.2, 0.25) is 0 Å². The predicted molar refractivity (Wildman–Crippen MR) is 87.1 cm³/mol. The van der Waals surface area contributed by atoms with Gasteiger partial charge < -0.3 is 4.74 Å². The maximum Gasteiger partial charge on any atom is 0.127 e. The van der Waals surface area contributed by atoms with E-state index in [9.17, 15) is 4.39 Å². The Morgan fingerprint density at radius 1 is 1.23 bits per heavy atom. The second-order valence-electron chi connectivity index (χ2n) is 4.96. The molecule has 0 aromatic heterocycles. The highest BCUT2D eigenvalue weighted by Gasteiger charge is 2.07. The topological polar surface area (TPSA) is 36.3 Å². The number of hydrogen-bond donors (Lipinski definition) is 0. The summed E-state index contributed by atoms with van der Waals surface area (Å²) >= 11 is 3.37. The second-order valence-corrected chi connectivity index (χ2v) is 5.87. The first-order valence-corrected chi connectivity index (χ1v) is 7.63. The molecule has 0 aliphatic carbocycles. The molecule has 114 valence electrons. The van der Waals surface area contributed by atoms with Gasteiger partial charge in [-0.3, -0.25) is 4.90 Å². The molecule has 0 saturated heterocycles. The summed E-state index contributed by atoms with van der Waals surface area (Å²) in [4.78, 5) is 1.96. The zero-order valence-electron chi connectivity index (χ0n) is 12.2. The lowest BCUT2D eigenvalue weighted by molar-refractivity contribution is 0.231. The summed E-state index contributed by atoms with van der Waals surface area (Å²) in [6.45, 7) is 1.61. The van der Waals surface area contributed by atoms with Crippen LogP contribution in [0.4, 0.5) is 4.39 Å². The van der Waals surface area contributed by atoms with Crippen molar-refractivity contribution in [2.75, 3.05) is 20.2 Å². The third-order valence-corrected chi connectivity index (χ3v) is 3.70. The number of hydrogen-bond acceptors (Lipinski definition) is 3. The molecule has 0 atom stereocenters. The van der Waals surface area contributed by atoms with E-state index < -0.39 is 0 Å². The molecule has 0 spiro atoms. The summed E-state index contributed by atoms with van der Waals surface area (Å²) in [6, 6.07) is 14.0. The monoisotopic (exact) mass is 362 g/mol. The van der Waals surface area contributed by atoms with Gasteiger partial charge in [0.05, 0.1) is 11.6 Å². The van der Waals surface area contributed by atoms with Gasteiger partial charge in [-0.15, -0.1) is 0 Å². The largest absolute Gasteiger partial charge is 0.492 e. The van der Waals surface area contributed by atoms with Crippen molar-refractivity contribution in [3.63, 3.8) is 0 Å². The first-order valence-electron chi connectivity index (χ1n) is 6.84. The normalized spacial score (nSPS) is 10.5. The fraction of sp³-hybridized carbons (Fsp3) is 0.235. The standard InChI is InChI=1S/C17H16BrFN2O/c1-21(8-9-22-16-5-3-15(18)4-6-16)12-14-10-13(11-20)2-7-17(14)19/h2-7,10H,8-9,12H2,1H3. The van der Waals surface area contributed by atoms with Crippen molar-refractivity contribution in [2.45, 2.75) is 6.54 Å². The van der Waals surface area contributed by atoms with Crippen LogP contribution in [-0.2, 0) is 6.54 Å². The lowest BCUT2D eigenvalue weighted by atomic mass is 10.1. The molecule has 0 aliphatic heterocycles. The maximum atomic E-state index is 13.7. The second kappa shape index (κ2) is 7.92. The minimum absolute atomic E-state index is 0.292. The average Bonchev–Trinajstić information content (AvgIpc) is 2.51. The van der Waals surface area contributed by atoms with Crippen LogP contribution >= 0.6 is 15.9 Å². The molecule has 0 heterocycles. The molecule has 2 aromatic rings. The van der Waals surface area contributed by atoms with Gasteiger partial charge in [0.15, 0.2) is 0 Å². The van der Waals surface area contributed by atoms with Crippen LogP contribution in [0.3, 0.4) is 0 Å². The van der Waals surface area contributed by atoms with E-state index >= 15 is 0 Å². The van der Waals surface area contributed by atoms with Gasteiger partial charge in [0.25, 0.3) is 0 Å². The molecule has 5 heteroatoms. The highest BCUT2D eigenvalue weighted by molar-refractivity contribution is 9.10. The summed E-state index contributed by atoms with van der Waals surface area (Å²) in [7, 11) is 1.89. The maximum absolute atomic E-state index is 13.7. The first-order chi connectivity index (χ1) is 10.6. The molecule has 0 radical (unpaired) electrons. The highest BCUT2D eigenvalue weighted by atomic mass is 79.9. The van der Waals surface area contributed by atoms with Gasteiger partial charge in [0.2, 0.25) is 0 Å². The van der Waals surface area contributed by atoms with Crippen LogP contribution in [-0.4, -0.2) is 25.1 Å². The van der Waals surface area contributed by atoms with Crippen molar-refractivity contribution in [3.05, 3.63) is 63.9 Å². The van der Waals surface area contributed by atoms with Crippen molar-refractivity contribution in [2.24, 2.45) is 0 Å². The van der Waals surface area contributed by atoms with Crippen molar-refractivity contribution in [1.82, 2.24) is 4.90 Å². The molecular formula is C17H16BrFN2O. The minimum atomic E-state index is -0.292. The summed E-state index contributed by atoms with van der Waals surface area (Å²) < 4.78 is 20.4. The van der Waals surface area contributed by atoms with E-state index in [4.69, 9.17) is 10.00 Å². The molecule has 0 unspecified atom stereocenters. The van der Waals surface area contributed by atoms with E-state index in [2.05, 4.69) is 15.9 Å². The number of likely N-dealkylation sites (N-methyl/N-ethyl adjacent to an activating group) is 1. The van der Waals surface area contributed by atoms with E-state index in [0.717, 1.165) is 10.2 Å². The number of ether oxygens (including phenoxy) is 1. The summed E-state index contributed by atoms with van der Waals surface area (Å²) in [6.07, 6.45) is 0. The molecule has 0 bridgehead atoms. The van der Waals surface area contributed by atoms with Gasteiger partial charge in [-0.2, -0.15) is 5.26 Å². The SMILES string of the molecule is CN(CCOc1ccc(Br)cc1)Cc1cc(C#N)ccc1F. The van der Waals surface area contributed by atoms with Gasteiger partial charge in [-0.05, 0) is 49.5 Å². The molecule has 0 amide bonds. The fourth-order valence-corrected chi connectivity index (χ4v) is 2.25. The van der Waals surface area contributed by atoms with Crippen LogP contribution in [0.5, 0.6) is 5.75 Å². The Morgan fingerprint density at radius 2 is 1.95 bits per heavy atom. The Kier molecular flexibility index (Phi) is 5.93. The molecule has 0 aliphatic rings. The Labute approximate surface area is 138 Å². The third-order valence-electron chi connectivity index (χ3n) is 3.17. The van der Waals surface area contributed by atoms with E-state index in [1.54, 1.807) is 6.07 Å². The summed E-state index contributed by atoms with van der Waals surface area (Å²) in [5.41, 5.74) is 0.987. The van der Waals surface area contributed by atoms with Gasteiger partial charge >= 0.3 is 0 Å². The molecule has 22 heavy (non-hydrogen) atoms. The molecule has 2 aromatic carbocycles. The summed E-state index contributed by atoms with van der Waals surface area (Å²) in [5, 5.41) is 8.86. The lowest BCUT2D eigenvalue weighted by Crippen LogP contribution is -2.24. The number of rotatable bonds is 6. The van der Waals surface area contributed by atoms with Gasteiger partial charge in [-0.1, -0.05) is 15.9 Å². The van der Waals surface area contributed by atoms with Gasteiger partial charge in [-0.25, -0.2) is 4.39 Å². The number of nitriles is 1. The highest BCUT2D eigenvalue weighted by Crippen LogP contribution is 2.16. The number of nitrogens with zero attached hydrogens (tertiary/aromatic N) is 2. The van der Waals surface area contributed by atoms with Crippen molar-refractivity contribution >= 4 is 15.9 Å². The van der Waals surface area contributed by atoms with Crippen molar-refractivity contribution in [1.29, 1.82) is 5.26 Å². The van der Waals surface area contributed by atoms with Crippen LogP contribution in [0.15, 0.2) is 46.9 Å². The van der Waals surface area contributed by atoms with Gasteiger partial charge in [0.1, 0.15) is 18.2 Å². The van der Waals surface area contributed by atoms with Crippen molar-refractivity contribution < 1.29 is 9.13 Å². The van der Waals surface area contributed by atoms with E-state index in [0.29, 0.717) is 30.8 Å². The van der Waals surface area contributed by atoms with Crippen molar-refractivity contribution in [3.8, 4) is 11.8 Å². The Morgan fingerprint density at radius 3 is 2.64 bits per heavy atom. The van der Waals surface area contributed by atoms with E-state index in [1.165, 1.54) is 12.1 Å². The number of benzene rings is 2.